The summed E-state index contributed by atoms with van der Waals surface area (Å²) in [7, 11) is 0. The maximum Gasteiger partial charge on any atom is 0.0143 e. The van der Waals surface area contributed by atoms with Gasteiger partial charge in [0.1, 0.15) is 0 Å². The molecule has 0 atom stereocenters. The highest BCUT2D eigenvalue weighted by Crippen LogP contribution is 2.03. The summed E-state index contributed by atoms with van der Waals surface area (Å²) in [4.78, 5) is 2.33. The second-order valence-corrected chi connectivity index (χ2v) is 3.46. The minimum atomic E-state index is 1.13. The zero-order valence-electron chi connectivity index (χ0n) is 9.55. The van der Waals surface area contributed by atoms with Crippen LogP contribution in [0.4, 0.5) is 0 Å². The third-order valence-corrected chi connectivity index (χ3v) is 2.35. The van der Waals surface area contributed by atoms with Crippen LogP contribution in [-0.4, -0.2) is 18.0 Å². The number of hydrogen-bond donors (Lipinski definition) is 0. The predicted octanol–water partition coefficient (Wildman–Crippen LogP) is 3.81. The zero-order valence-corrected chi connectivity index (χ0v) is 9.55. The Bertz CT molecular complexity index is 114. The van der Waals surface area contributed by atoms with Crippen molar-refractivity contribution < 1.29 is 0 Å². The van der Waals surface area contributed by atoms with Gasteiger partial charge in [-0.3, -0.25) is 0 Å². The first kappa shape index (κ1) is 12.5. The monoisotopic (exact) mass is 183 g/mol. The number of allylic oxidation sites excluding steroid dienone is 1. The maximum atomic E-state index is 2.33. The molecule has 0 unspecified atom stereocenters. The first-order chi connectivity index (χ1) is 6.35. The van der Waals surface area contributed by atoms with Gasteiger partial charge in [0, 0.05) is 13.1 Å². The van der Waals surface area contributed by atoms with Crippen molar-refractivity contribution in [2.45, 2.75) is 52.9 Å². The van der Waals surface area contributed by atoms with Crippen LogP contribution in [0.25, 0.3) is 0 Å². The van der Waals surface area contributed by atoms with E-state index in [-0.39, 0.29) is 0 Å². The Morgan fingerprint density at radius 3 is 2.15 bits per heavy atom. The zero-order chi connectivity index (χ0) is 9.94. The van der Waals surface area contributed by atoms with Gasteiger partial charge in [-0.15, -0.1) is 0 Å². The molecular formula is C12H25N. The van der Waals surface area contributed by atoms with Gasteiger partial charge in [-0.05, 0) is 32.9 Å². The number of unbranched alkanes of at least 4 members (excludes halogenated alkanes) is 4. The van der Waals surface area contributed by atoms with Crippen molar-refractivity contribution >= 4 is 0 Å². The molecule has 78 valence electrons. The highest BCUT2D eigenvalue weighted by Gasteiger charge is 1.88. The topological polar surface area (TPSA) is 3.24 Å². The van der Waals surface area contributed by atoms with E-state index in [9.17, 15) is 0 Å². The Kier molecular flexibility index (Phi) is 9.29. The first-order valence-electron chi connectivity index (χ1n) is 5.75. The lowest BCUT2D eigenvalue weighted by molar-refractivity contribution is 0.417. The number of nitrogens with zero attached hydrogens (tertiary/aromatic N) is 1. The molecule has 0 aliphatic heterocycles. The van der Waals surface area contributed by atoms with Crippen molar-refractivity contribution in [3.05, 3.63) is 12.3 Å². The third kappa shape index (κ3) is 7.89. The lowest BCUT2D eigenvalue weighted by Gasteiger charge is -2.14. The molecule has 0 radical (unpaired) electrons. The Morgan fingerprint density at radius 2 is 1.62 bits per heavy atom. The van der Waals surface area contributed by atoms with Crippen LogP contribution in [0.2, 0.25) is 0 Å². The van der Waals surface area contributed by atoms with Crippen LogP contribution in [0.1, 0.15) is 52.9 Å². The molecule has 0 aromatic heterocycles. The van der Waals surface area contributed by atoms with Gasteiger partial charge in [0.05, 0.1) is 0 Å². The van der Waals surface area contributed by atoms with Crippen molar-refractivity contribution in [1.29, 1.82) is 0 Å². The molecule has 0 aromatic carbocycles. The summed E-state index contributed by atoms with van der Waals surface area (Å²) in [6.07, 6.45) is 11.3. The molecule has 13 heavy (non-hydrogen) atoms. The van der Waals surface area contributed by atoms with Gasteiger partial charge in [0.25, 0.3) is 0 Å². The van der Waals surface area contributed by atoms with E-state index >= 15 is 0 Å². The van der Waals surface area contributed by atoms with Crippen LogP contribution in [0.5, 0.6) is 0 Å². The summed E-state index contributed by atoms with van der Waals surface area (Å²) in [5.74, 6) is 0. The molecule has 0 aromatic rings. The lowest BCUT2D eigenvalue weighted by Crippen LogP contribution is -2.14. The summed E-state index contributed by atoms with van der Waals surface area (Å²) in [6, 6.07) is 0. The highest BCUT2D eigenvalue weighted by atomic mass is 15.1. The fraction of sp³-hybridized carbons (Fsp3) is 0.833. The third-order valence-electron chi connectivity index (χ3n) is 2.35. The van der Waals surface area contributed by atoms with E-state index in [2.05, 4.69) is 37.9 Å². The normalized spacial score (nSPS) is 11.0. The second kappa shape index (κ2) is 9.63. The van der Waals surface area contributed by atoms with Crippen molar-refractivity contribution in [2.75, 3.05) is 13.1 Å². The minimum absolute atomic E-state index is 1.13. The van der Waals surface area contributed by atoms with E-state index in [0.29, 0.717) is 0 Å². The van der Waals surface area contributed by atoms with Gasteiger partial charge in [0.15, 0.2) is 0 Å². The van der Waals surface area contributed by atoms with Gasteiger partial charge < -0.3 is 4.90 Å². The molecule has 0 heterocycles. The Balaban J connectivity index is 3.28. The molecule has 0 spiro atoms. The molecule has 0 amide bonds. The molecule has 0 aliphatic carbocycles. The maximum absolute atomic E-state index is 2.33. The molecule has 0 saturated heterocycles. The van der Waals surface area contributed by atoms with E-state index in [1.165, 1.54) is 32.1 Å². The average Bonchev–Trinajstić information content (AvgIpc) is 2.17. The number of hydrogen-bond acceptors (Lipinski definition) is 1. The van der Waals surface area contributed by atoms with Crippen LogP contribution < -0.4 is 0 Å². The van der Waals surface area contributed by atoms with Crippen LogP contribution in [-0.2, 0) is 0 Å². The van der Waals surface area contributed by atoms with Crippen LogP contribution in [0.3, 0.4) is 0 Å². The smallest absolute Gasteiger partial charge is 0.0143 e. The predicted molar refractivity (Wildman–Crippen MR) is 60.8 cm³/mol. The summed E-state index contributed by atoms with van der Waals surface area (Å²) in [5, 5.41) is 0. The Hall–Kier alpha value is -0.460. The van der Waals surface area contributed by atoms with E-state index in [1.54, 1.807) is 0 Å². The molecule has 0 rings (SSSR count). The molecule has 1 nitrogen and oxygen atoms in total. The standard InChI is InChI=1S/C12H25N/c1-4-7-8-9-10-11-12-13(5-2)6-3/h11-12H,4-10H2,1-3H3. The summed E-state index contributed by atoms with van der Waals surface area (Å²) in [6.45, 7) is 8.91. The van der Waals surface area contributed by atoms with Gasteiger partial charge in [-0.25, -0.2) is 0 Å². The molecule has 0 aliphatic rings. The summed E-state index contributed by atoms with van der Waals surface area (Å²) in [5.41, 5.74) is 0. The lowest BCUT2D eigenvalue weighted by atomic mass is 10.1. The van der Waals surface area contributed by atoms with Crippen molar-refractivity contribution in [1.82, 2.24) is 4.90 Å². The van der Waals surface area contributed by atoms with E-state index in [1.807, 2.05) is 0 Å². The van der Waals surface area contributed by atoms with Crippen molar-refractivity contribution in [3.8, 4) is 0 Å². The van der Waals surface area contributed by atoms with Gasteiger partial charge >= 0.3 is 0 Å². The van der Waals surface area contributed by atoms with Crippen LogP contribution in [0.15, 0.2) is 12.3 Å². The van der Waals surface area contributed by atoms with E-state index in [4.69, 9.17) is 0 Å². The molecule has 0 N–H and O–H groups in total. The van der Waals surface area contributed by atoms with Crippen LogP contribution >= 0.6 is 0 Å². The Morgan fingerprint density at radius 1 is 0.923 bits per heavy atom. The van der Waals surface area contributed by atoms with Gasteiger partial charge in [-0.2, -0.15) is 0 Å². The van der Waals surface area contributed by atoms with Crippen LogP contribution in [0, 0.1) is 0 Å². The molecule has 0 fully saturated rings. The minimum Gasteiger partial charge on any atom is -0.378 e. The van der Waals surface area contributed by atoms with E-state index in [0.717, 1.165) is 13.1 Å². The van der Waals surface area contributed by atoms with Gasteiger partial charge in [0.2, 0.25) is 0 Å². The average molecular weight is 183 g/mol. The van der Waals surface area contributed by atoms with E-state index < -0.39 is 0 Å². The Labute approximate surface area is 83.8 Å². The SMILES string of the molecule is CCCCCCC=CN(CC)CC. The number of rotatable bonds is 8. The largest absolute Gasteiger partial charge is 0.378 e. The summed E-state index contributed by atoms with van der Waals surface area (Å²) >= 11 is 0. The quantitative estimate of drug-likeness (QED) is 0.517. The van der Waals surface area contributed by atoms with Crippen molar-refractivity contribution in [2.24, 2.45) is 0 Å². The highest BCUT2D eigenvalue weighted by molar-refractivity contribution is 4.81. The summed E-state index contributed by atoms with van der Waals surface area (Å²) < 4.78 is 0. The van der Waals surface area contributed by atoms with Crippen molar-refractivity contribution in [3.63, 3.8) is 0 Å². The second-order valence-electron chi connectivity index (χ2n) is 3.46. The molecular weight excluding hydrogens is 158 g/mol. The fourth-order valence-corrected chi connectivity index (χ4v) is 1.35. The fourth-order valence-electron chi connectivity index (χ4n) is 1.35. The molecule has 0 bridgehead atoms. The molecule has 1 heteroatoms. The van der Waals surface area contributed by atoms with Gasteiger partial charge in [-0.1, -0.05) is 32.3 Å². The first-order valence-corrected chi connectivity index (χ1v) is 5.75. The molecule has 0 saturated carbocycles.